The first-order valence-electron chi connectivity index (χ1n) is 19.5. The molecule has 288 valence electrons. The Hall–Kier alpha value is -5.51. The quantitative estimate of drug-likeness (QED) is 0.113. The van der Waals surface area contributed by atoms with Crippen LogP contribution in [0, 0.1) is 17.8 Å². The van der Waals surface area contributed by atoms with Crippen molar-refractivity contribution in [2.75, 3.05) is 13.7 Å². The molecule has 1 saturated carbocycles. The van der Waals surface area contributed by atoms with Gasteiger partial charge in [-0.05, 0) is 96.4 Å². The van der Waals surface area contributed by atoms with Crippen molar-refractivity contribution in [3.8, 4) is 22.9 Å². The molecule has 4 aromatic rings. The molecule has 1 unspecified atom stereocenters. The fourth-order valence-electron chi connectivity index (χ4n) is 8.07. The van der Waals surface area contributed by atoms with E-state index in [2.05, 4.69) is 28.3 Å². The van der Waals surface area contributed by atoms with Crippen LogP contribution in [-0.4, -0.2) is 62.6 Å². The van der Waals surface area contributed by atoms with E-state index in [1.165, 1.54) is 61.1 Å². The Bertz CT molecular complexity index is 1920. The predicted molar refractivity (Wildman–Crippen MR) is 212 cm³/mol. The molecule has 3 aromatic carbocycles. The van der Waals surface area contributed by atoms with Crippen LogP contribution in [-0.2, 0) is 33.8 Å². The number of phenolic OH excluding ortho intramolecular Hbond substituents is 1. The number of nitrogens with zero attached hydrogens (tertiary/aromatic N) is 3. The van der Waals surface area contributed by atoms with Gasteiger partial charge in [-0.15, -0.1) is 0 Å². The maximum absolute atomic E-state index is 14.1. The van der Waals surface area contributed by atoms with Gasteiger partial charge in [-0.3, -0.25) is 14.4 Å². The predicted octanol–water partition coefficient (Wildman–Crippen LogP) is 7.64. The number of aromatic nitrogens is 2. The third-order valence-electron chi connectivity index (χ3n) is 11.4. The average Bonchev–Trinajstić information content (AvgIpc) is 3.21. The molecule has 3 N–H and O–H groups in total. The van der Waals surface area contributed by atoms with Crippen LogP contribution in [0.25, 0.3) is 17.0 Å². The minimum absolute atomic E-state index is 0.0147. The second kappa shape index (κ2) is 18.7. The number of hydrogen-bond donors (Lipinski definition) is 3. The first-order chi connectivity index (χ1) is 26.7. The molecule has 1 heterocycles. The van der Waals surface area contributed by atoms with E-state index in [4.69, 9.17) is 4.74 Å². The first-order valence-corrected chi connectivity index (χ1v) is 19.5. The Morgan fingerprint density at radius 3 is 2.09 bits per heavy atom. The lowest BCUT2D eigenvalue weighted by Crippen LogP contribution is -2.51. The largest absolute Gasteiger partial charge is 0.508 e. The third kappa shape index (κ3) is 10.8. The summed E-state index contributed by atoms with van der Waals surface area (Å²) in [6.45, 7) is 1.78. The van der Waals surface area contributed by atoms with E-state index in [0.717, 1.165) is 47.3 Å². The maximum Gasteiger partial charge on any atom is 0.323 e. The zero-order chi connectivity index (χ0) is 38.7. The molecule has 2 aliphatic carbocycles. The van der Waals surface area contributed by atoms with Crippen LogP contribution in [0.2, 0.25) is 0 Å². The zero-order valence-electron chi connectivity index (χ0n) is 31.8. The van der Waals surface area contributed by atoms with Gasteiger partial charge in [0.25, 0.3) is 0 Å². The normalized spacial score (nSPS) is 18.8. The summed E-state index contributed by atoms with van der Waals surface area (Å²) in [6.07, 6.45) is 16.6. The number of methoxy groups -OCH3 is 1. The summed E-state index contributed by atoms with van der Waals surface area (Å²) in [7, 11) is 1.56. The Morgan fingerprint density at radius 2 is 1.49 bits per heavy atom. The highest BCUT2D eigenvalue weighted by molar-refractivity contribution is 5.90. The van der Waals surface area contributed by atoms with Gasteiger partial charge in [-0.25, -0.2) is 9.97 Å². The fourth-order valence-corrected chi connectivity index (χ4v) is 8.07. The molecule has 0 spiro atoms. The lowest BCUT2D eigenvalue weighted by atomic mass is 9.71. The highest BCUT2D eigenvalue weighted by Crippen LogP contribution is 2.41. The summed E-state index contributed by atoms with van der Waals surface area (Å²) < 4.78 is 5.20. The average molecular weight is 745 g/mol. The molecule has 0 radical (unpaired) electrons. The van der Waals surface area contributed by atoms with Crippen molar-refractivity contribution in [2.24, 2.45) is 17.8 Å². The van der Waals surface area contributed by atoms with Gasteiger partial charge in [0.15, 0.2) is 5.82 Å². The summed E-state index contributed by atoms with van der Waals surface area (Å²) >= 11 is 0. The molecule has 1 aromatic heterocycles. The standard InChI is InChI=1S/C45H52N4O6/c1-3-30-4-12-34(13-5-30)35-16-18-36(19-17-35)38-26-46-44(47-27-38)37-14-6-33(7-15-37)28-49(29-43(52)53)45(54)41(24-31-8-20-39(50)21-9-31)48-42(51)25-32-10-22-40(55-2)23-11-32/h6-11,14-15,18,20-23,26-27,30,34-35,41,50H,3-5,12-13,16-17,19,24-25,28-29H2,1-2H3,(H,48,51)(H,52,53)/t30?,34?,35?,41-/m1/s1. The molecule has 10 heteroatoms. The summed E-state index contributed by atoms with van der Waals surface area (Å²) in [4.78, 5) is 49.9. The molecule has 2 atom stereocenters. The Morgan fingerprint density at radius 1 is 0.836 bits per heavy atom. The fraction of sp³-hybridized carbons (Fsp3) is 0.400. The van der Waals surface area contributed by atoms with Gasteiger partial charge in [0.1, 0.15) is 24.1 Å². The lowest BCUT2D eigenvalue weighted by Gasteiger charge is -2.35. The smallest absolute Gasteiger partial charge is 0.323 e. The molecule has 10 nitrogen and oxygen atoms in total. The van der Waals surface area contributed by atoms with Gasteiger partial charge in [-0.2, -0.15) is 0 Å². The second-order valence-corrected chi connectivity index (χ2v) is 15.0. The molecule has 0 saturated heterocycles. The van der Waals surface area contributed by atoms with Gasteiger partial charge in [0.2, 0.25) is 11.8 Å². The van der Waals surface area contributed by atoms with Crippen molar-refractivity contribution in [3.05, 3.63) is 114 Å². The number of carbonyl (C=O) groups excluding carboxylic acids is 2. The van der Waals surface area contributed by atoms with Crippen LogP contribution in [0.3, 0.4) is 0 Å². The van der Waals surface area contributed by atoms with E-state index in [0.29, 0.717) is 22.7 Å². The highest BCUT2D eigenvalue weighted by Gasteiger charge is 2.30. The molecule has 1 fully saturated rings. The number of ether oxygens (including phenoxy) is 1. The first kappa shape index (κ1) is 39.2. The molecular weight excluding hydrogens is 693 g/mol. The second-order valence-electron chi connectivity index (χ2n) is 15.0. The molecule has 2 aliphatic rings. The van der Waals surface area contributed by atoms with Crippen molar-refractivity contribution in [1.82, 2.24) is 20.2 Å². The monoisotopic (exact) mass is 744 g/mol. The Kier molecular flexibility index (Phi) is 13.3. The lowest BCUT2D eigenvalue weighted by molar-refractivity contribution is -0.146. The summed E-state index contributed by atoms with van der Waals surface area (Å²) in [6, 6.07) is 19.8. The zero-order valence-corrected chi connectivity index (χ0v) is 31.8. The molecule has 55 heavy (non-hydrogen) atoms. The number of benzene rings is 3. The van der Waals surface area contributed by atoms with E-state index in [9.17, 15) is 24.6 Å². The molecule has 2 amide bonds. The topological polar surface area (TPSA) is 142 Å². The number of carboxylic acids is 1. The highest BCUT2D eigenvalue weighted by atomic mass is 16.5. The number of aromatic hydroxyl groups is 1. The summed E-state index contributed by atoms with van der Waals surface area (Å²) in [5.74, 6) is 1.80. The van der Waals surface area contributed by atoms with Crippen molar-refractivity contribution in [3.63, 3.8) is 0 Å². The van der Waals surface area contributed by atoms with Crippen LogP contribution < -0.4 is 10.1 Å². The number of aliphatic carboxylic acids is 1. The maximum atomic E-state index is 14.1. The van der Waals surface area contributed by atoms with Crippen LogP contribution >= 0.6 is 0 Å². The molecular formula is C45H52N4O6. The number of carboxylic acid groups (broad SMARTS) is 1. The van der Waals surface area contributed by atoms with E-state index in [-0.39, 0.29) is 31.0 Å². The minimum atomic E-state index is -1.17. The van der Waals surface area contributed by atoms with Gasteiger partial charge >= 0.3 is 5.97 Å². The van der Waals surface area contributed by atoms with Gasteiger partial charge in [0.05, 0.1) is 13.5 Å². The van der Waals surface area contributed by atoms with Gasteiger partial charge in [-0.1, -0.05) is 80.8 Å². The van der Waals surface area contributed by atoms with Crippen molar-refractivity contribution >= 4 is 23.4 Å². The van der Waals surface area contributed by atoms with Crippen LogP contribution in [0.15, 0.2) is 91.3 Å². The Balaban J connectivity index is 1.11. The molecule has 0 aliphatic heterocycles. The van der Waals surface area contributed by atoms with Gasteiger partial charge < -0.3 is 25.2 Å². The molecule has 6 rings (SSSR count). The number of rotatable bonds is 15. The number of hydrogen-bond acceptors (Lipinski definition) is 7. The van der Waals surface area contributed by atoms with Crippen LogP contribution in [0.4, 0.5) is 0 Å². The summed E-state index contributed by atoms with van der Waals surface area (Å²) in [5, 5.41) is 22.4. The van der Waals surface area contributed by atoms with E-state index >= 15 is 0 Å². The minimum Gasteiger partial charge on any atom is -0.508 e. The van der Waals surface area contributed by atoms with Gasteiger partial charge in [0, 0.05) is 36.5 Å². The number of amides is 2. The van der Waals surface area contributed by atoms with Crippen molar-refractivity contribution in [2.45, 2.75) is 83.7 Å². The van der Waals surface area contributed by atoms with Crippen LogP contribution in [0.5, 0.6) is 11.5 Å². The number of allylic oxidation sites excluding steroid dienone is 2. The van der Waals surface area contributed by atoms with E-state index in [1.807, 2.05) is 36.7 Å². The number of phenols is 1. The van der Waals surface area contributed by atoms with Crippen molar-refractivity contribution in [1.29, 1.82) is 0 Å². The van der Waals surface area contributed by atoms with Crippen molar-refractivity contribution < 1.29 is 29.3 Å². The van der Waals surface area contributed by atoms with E-state index < -0.39 is 24.5 Å². The van der Waals surface area contributed by atoms with Crippen LogP contribution in [0.1, 0.15) is 80.5 Å². The molecule has 0 bridgehead atoms. The SMILES string of the molecule is CCC1CCC(C2CC=C(c3cnc(-c4ccc(CN(CC(=O)O)C(=O)[C@@H](Cc5ccc(O)cc5)NC(=O)Cc5ccc(OC)cc5)cc4)nc3)CC2)CC1. The van der Waals surface area contributed by atoms with E-state index in [1.54, 1.807) is 43.5 Å². The third-order valence-corrected chi connectivity index (χ3v) is 11.4. The Labute approximate surface area is 323 Å². The summed E-state index contributed by atoms with van der Waals surface area (Å²) in [5.41, 5.74) is 5.34. The number of carbonyl (C=O) groups is 3. The number of nitrogens with one attached hydrogen (secondary N) is 1.